The van der Waals surface area contributed by atoms with Crippen molar-refractivity contribution < 1.29 is 4.52 Å². The fourth-order valence-corrected chi connectivity index (χ4v) is 2.25. The predicted molar refractivity (Wildman–Crippen MR) is 57.6 cm³/mol. The van der Waals surface area contributed by atoms with Crippen LogP contribution >= 0.6 is 11.3 Å². The number of thiophene rings is 1. The van der Waals surface area contributed by atoms with Gasteiger partial charge in [0.1, 0.15) is 0 Å². The van der Waals surface area contributed by atoms with Gasteiger partial charge in [0.15, 0.2) is 0 Å². The molecule has 0 unspecified atom stereocenters. The van der Waals surface area contributed by atoms with E-state index >= 15 is 0 Å². The first-order valence-corrected chi connectivity index (χ1v) is 5.80. The van der Waals surface area contributed by atoms with Crippen LogP contribution in [-0.4, -0.2) is 16.7 Å². The molecular weight excluding hydrogens is 210 g/mol. The highest BCUT2D eigenvalue weighted by atomic mass is 32.1. The van der Waals surface area contributed by atoms with Gasteiger partial charge in [-0.2, -0.15) is 4.98 Å². The molecule has 3 rings (SSSR count). The highest BCUT2D eigenvalue weighted by Crippen LogP contribution is 2.46. The van der Waals surface area contributed by atoms with Crippen molar-refractivity contribution in [1.29, 1.82) is 0 Å². The second-order valence-electron chi connectivity index (χ2n) is 3.88. The van der Waals surface area contributed by atoms with Gasteiger partial charge in [-0.1, -0.05) is 11.2 Å². The molecule has 2 aromatic heterocycles. The third-order valence-corrected chi connectivity index (χ3v) is 3.73. The van der Waals surface area contributed by atoms with Gasteiger partial charge in [-0.15, -0.1) is 11.3 Å². The molecule has 5 heteroatoms. The third-order valence-electron chi connectivity index (χ3n) is 2.87. The van der Waals surface area contributed by atoms with E-state index in [1.165, 1.54) is 0 Å². The summed E-state index contributed by atoms with van der Waals surface area (Å²) in [5, 5.41) is 5.98. The van der Waals surface area contributed by atoms with Crippen molar-refractivity contribution in [1.82, 2.24) is 10.1 Å². The average Bonchev–Trinajstić information content (AvgIpc) is 2.74. The first kappa shape index (κ1) is 9.06. The summed E-state index contributed by atoms with van der Waals surface area (Å²) in [6, 6.07) is 3.97. The molecule has 15 heavy (non-hydrogen) atoms. The van der Waals surface area contributed by atoms with E-state index in [4.69, 9.17) is 10.3 Å². The number of hydrogen-bond acceptors (Lipinski definition) is 5. The van der Waals surface area contributed by atoms with Gasteiger partial charge in [0, 0.05) is 6.54 Å². The zero-order valence-electron chi connectivity index (χ0n) is 8.14. The van der Waals surface area contributed by atoms with Gasteiger partial charge in [0.05, 0.1) is 10.3 Å². The maximum atomic E-state index is 5.70. The molecule has 0 saturated heterocycles. The first-order chi connectivity index (χ1) is 7.34. The lowest BCUT2D eigenvalue weighted by Gasteiger charge is -2.03. The number of aromatic nitrogens is 2. The highest BCUT2D eigenvalue weighted by molar-refractivity contribution is 7.13. The molecule has 0 aromatic carbocycles. The van der Waals surface area contributed by atoms with Gasteiger partial charge in [0.25, 0.3) is 0 Å². The Morgan fingerprint density at radius 1 is 1.53 bits per heavy atom. The lowest BCUT2D eigenvalue weighted by atomic mass is 10.1. The molecular formula is C10H11N3OS. The van der Waals surface area contributed by atoms with Crippen molar-refractivity contribution in [2.24, 2.45) is 5.73 Å². The largest absolute Gasteiger partial charge is 0.338 e. The number of rotatable bonds is 3. The molecule has 78 valence electrons. The summed E-state index contributed by atoms with van der Waals surface area (Å²) in [5.41, 5.74) is 5.69. The highest BCUT2D eigenvalue weighted by Gasteiger charge is 2.48. The molecule has 0 bridgehead atoms. The molecule has 2 N–H and O–H groups in total. The van der Waals surface area contributed by atoms with Crippen LogP contribution in [0, 0.1) is 0 Å². The van der Waals surface area contributed by atoms with E-state index in [0.717, 1.165) is 17.7 Å². The summed E-state index contributed by atoms with van der Waals surface area (Å²) in [6.07, 6.45) is 2.13. The summed E-state index contributed by atoms with van der Waals surface area (Å²) in [7, 11) is 0. The SMILES string of the molecule is NCC1(c2nc(-c3cccs3)no2)CC1. The van der Waals surface area contributed by atoms with Gasteiger partial charge < -0.3 is 10.3 Å². The maximum absolute atomic E-state index is 5.70. The van der Waals surface area contributed by atoms with Gasteiger partial charge in [-0.25, -0.2) is 0 Å². The lowest BCUT2D eigenvalue weighted by molar-refractivity contribution is 0.347. The molecule has 1 fully saturated rings. The Bertz CT molecular complexity index is 459. The minimum absolute atomic E-state index is 0.0114. The quantitative estimate of drug-likeness (QED) is 0.858. The van der Waals surface area contributed by atoms with Crippen LogP contribution in [0.4, 0.5) is 0 Å². The van der Waals surface area contributed by atoms with E-state index in [0.29, 0.717) is 18.3 Å². The van der Waals surface area contributed by atoms with Crippen molar-refractivity contribution in [2.75, 3.05) is 6.54 Å². The third kappa shape index (κ3) is 1.39. The molecule has 4 nitrogen and oxygen atoms in total. The zero-order valence-corrected chi connectivity index (χ0v) is 8.96. The van der Waals surface area contributed by atoms with Crippen molar-refractivity contribution in [2.45, 2.75) is 18.3 Å². The van der Waals surface area contributed by atoms with Crippen LogP contribution in [0.1, 0.15) is 18.7 Å². The topological polar surface area (TPSA) is 64.9 Å². The molecule has 2 aromatic rings. The molecule has 0 aliphatic heterocycles. The van der Waals surface area contributed by atoms with Crippen LogP contribution in [0.3, 0.4) is 0 Å². The normalized spacial score (nSPS) is 17.9. The van der Waals surface area contributed by atoms with Gasteiger partial charge in [-0.3, -0.25) is 0 Å². The molecule has 1 aliphatic rings. The van der Waals surface area contributed by atoms with E-state index in [1.807, 2.05) is 17.5 Å². The number of nitrogens with two attached hydrogens (primary N) is 1. The summed E-state index contributed by atoms with van der Waals surface area (Å²) in [5.74, 6) is 1.38. The van der Waals surface area contributed by atoms with Gasteiger partial charge in [0.2, 0.25) is 11.7 Å². The Labute approximate surface area is 91.1 Å². The number of nitrogens with zero attached hydrogens (tertiary/aromatic N) is 2. The van der Waals surface area contributed by atoms with Gasteiger partial charge >= 0.3 is 0 Å². The summed E-state index contributed by atoms with van der Waals surface area (Å²) in [4.78, 5) is 5.45. The van der Waals surface area contributed by atoms with Crippen molar-refractivity contribution in [3.05, 3.63) is 23.4 Å². The zero-order chi connectivity index (χ0) is 10.3. The molecule has 0 radical (unpaired) electrons. The second-order valence-corrected chi connectivity index (χ2v) is 4.83. The Balaban J connectivity index is 1.95. The number of hydrogen-bond donors (Lipinski definition) is 1. The van der Waals surface area contributed by atoms with Crippen LogP contribution in [0.15, 0.2) is 22.0 Å². The molecule has 1 saturated carbocycles. The van der Waals surface area contributed by atoms with Crippen LogP contribution in [-0.2, 0) is 5.41 Å². The monoisotopic (exact) mass is 221 g/mol. The summed E-state index contributed by atoms with van der Waals surface area (Å²) >= 11 is 1.61. The van der Waals surface area contributed by atoms with Crippen LogP contribution < -0.4 is 5.73 Å². The fourth-order valence-electron chi connectivity index (χ4n) is 1.60. The van der Waals surface area contributed by atoms with Crippen LogP contribution in [0.25, 0.3) is 10.7 Å². The minimum atomic E-state index is -0.0114. The Morgan fingerprint density at radius 2 is 2.40 bits per heavy atom. The summed E-state index contributed by atoms with van der Waals surface area (Å²) in [6.45, 7) is 0.596. The van der Waals surface area contributed by atoms with E-state index in [2.05, 4.69) is 10.1 Å². The van der Waals surface area contributed by atoms with E-state index in [9.17, 15) is 0 Å². The van der Waals surface area contributed by atoms with Crippen molar-refractivity contribution in [3.8, 4) is 10.7 Å². The molecule has 1 aliphatic carbocycles. The second kappa shape index (κ2) is 3.15. The average molecular weight is 221 g/mol. The van der Waals surface area contributed by atoms with E-state index in [1.54, 1.807) is 11.3 Å². The summed E-state index contributed by atoms with van der Waals surface area (Å²) < 4.78 is 5.27. The molecule has 0 spiro atoms. The molecule has 2 heterocycles. The smallest absolute Gasteiger partial charge is 0.234 e. The van der Waals surface area contributed by atoms with Crippen molar-refractivity contribution >= 4 is 11.3 Å². The van der Waals surface area contributed by atoms with E-state index in [-0.39, 0.29) is 5.41 Å². The Morgan fingerprint density at radius 3 is 3.00 bits per heavy atom. The Hall–Kier alpha value is -1.20. The fraction of sp³-hybridized carbons (Fsp3) is 0.400. The van der Waals surface area contributed by atoms with Crippen LogP contribution in [0.2, 0.25) is 0 Å². The molecule has 0 amide bonds. The maximum Gasteiger partial charge on any atom is 0.234 e. The standard InChI is InChI=1S/C10H11N3OS/c11-6-10(3-4-10)9-12-8(13-14-9)7-2-1-5-15-7/h1-2,5H,3-4,6,11H2. The first-order valence-electron chi connectivity index (χ1n) is 4.92. The molecule has 0 atom stereocenters. The van der Waals surface area contributed by atoms with Gasteiger partial charge in [-0.05, 0) is 24.3 Å². The van der Waals surface area contributed by atoms with Crippen molar-refractivity contribution in [3.63, 3.8) is 0 Å². The predicted octanol–water partition coefficient (Wildman–Crippen LogP) is 1.79. The Kier molecular flexibility index (Phi) is 1.90. The minimum Gasteiger partial charge on any atom is -0.338 e. The van der Waals surface area contributed by atoms with E-state index < -0.39 is 0 Å². The lowest BCUT2D eigenvalue weighted by Crippen LogP contribution is -2.19. The van der Waals surface area contributed by atoms with Crippen LogP contribution in [0.5, 0.6) is 0 Å².